The van der Waals surface area contributed by atoms with Crippen LogP contribution in [0.2, 0.25) is 0 Å². The van der Waals surface area contributed by atoms with E-state index in [1.807, 2.05) is 17.1 Å². The van der Waals surface area contributed by atoms with Crippen LogP contribution in [0.3, 0.4) is 0 Å². The number of nitrogens with one attached hydrogen (secondary N) is 1. The average Bonchev–Trinajstić information content (AvgIpc) is 2.35. The first-order chi connectivity index (χ1) is 9.31. The second-order valence-corrected chi connectivity index (χ2v) is 5.00. The number of halogens is 3. The van der Waals surface area contributed by atoms with Gasteiger partial charge in [-0.3, -0.25) is 14.6 Å². The van der Waals surface area contributed by atoms with Crippen LogP contribution in [0.4, 0.5) is 13.2 Å². The summed E-state index contributed by atoms with van der Waals surface area (Å²) in [5.41, 5.74) is 0. The Morgan fingerprint density at radius 3 is 2.65 bits per heavy atom. The first-order valence-corrected chi connectivity index (χ1v) is 6.60. The molecule has 8 heteroatoms. The Kier molecular flexibility index (Phi) is 6.70. The highest BCUT2D eigenvalue weighted by Gasteiger charge is 2.29. The van der Waals surface area contributed by atoms with Gasteiger partial charge in [-0.1, -0.05) is 0 Å². The topological polar surface area (TPSA) is 44.8 Å². The van der Waals surface area contributed by atoms with E-state index in [-0.39, 0.29) is 12.6 Å². The summed E-state index contributed by atoms with van der Waals surface area (Å²) in [6.07, 6.45) is -4.36. The molecule has 1 aliphatic heterocycles. The third-order valence-electron chi connectivity index (χ3n) is 3.29. The van der Waals surface area contributed by atoms with Gasteiger partial charge in [0.15, 0.2) is 0 Å². The van der Waals surface area contributed by atoms with Crippen LogP contribution in [0.15, 0.2) is 0 Å². The van der Waals surface area contributed by atoms with Gasteiger partial charge in [0, 0.05) is 39.3 Å². The van der Waals surface area contributed by atoms with Crippen molar-refractivity contribution in [1.29, 1.82) is 0 Å². The fourth-order valence-electron chi connectivity index (χ4n) is 2.21. The fourth-order valence-corrected chi connectivity index (χ4v) is 2.21. The van der Waals surface area contributed by atoms with Crippen LogP contribution in [-0.4, -0.2) is 80.9 Å². The minimum Gasteiger partial charge on any atom is -0.383 e. The van der Waals surface area contributed by atoms with Crippen molar-refractivity contribution >= 4 is 5.91 Å². The van der Waals surface area contributed by atoms with Crippen molar-refractivity contribution < 1.29 is 22.7 Å². The molecular formula is C12H22F3N3O2. The lowest BCUT2D eigenvalue weighted by molar-refractivity contribution is -0.139. The summed E-state index contributed by atoms with van der Waals surface area (Å²) in [7, 11) is 1.64. The van der Waals surface area contributed by atoms with E-state index >= 15 is 0 Å². The monoisotopic (exact) mass is 297 g/mol. The molecule has 1 unspecified atom stereocenters. The van der Waals surface area contributed by atoms with E-state index in [9.17, 15) is 18.0 Å². The molecule has 1 N–H and O–H groups in total. The molecule has 5 nitrogen and oxygen atoms in total. The number of hydrogen-bond donors (Lipinski definition) is 1. The Labute approximate surface area is 117 Å². The standard InChI is InChI=1S/C12H22F3N3O2/c1-10-7-17(3-4-18(10)5-6-20-2)8-11(19)16-9-12(13,14)15/h10H,3-9H2,1-2H3,(H,16,19). The van der Waals surface area contributed by atoms with Gasteiger partial charge in [0.2, 0.25) is 5.91 Å². The molecule has 1 rings (SSSR count). The maximum atomic E-state index is 12.0. The average molecular weight is 297 g/mol. The molecule has 118 valence electrons. The van der Waals surface area contributed by atoms with Crippen LogP contribution < -0.4 is 5.32 Å². The van der Waals surface area contributed by atoms with E-state index in [2.05, 4.69) is 4.90 Å². The SMILES string of the molecule is COCCN1CCN(CC(=O)NCC(F)(F)F)CC1C. The summed E-state index contributed by atoms with van der Waals surface area (Å²) in [6, 6.07) is 0.259. The van der Waals surface area contributed by atoms with Crippen LogP contribution in [-0.2, 0) is 9.53 Å². The maximum absolute atomic E-state index is 12.0. The summed E-state index contributed by atoms with van der Waals surface area (Å²) in [5.74, 6) is -0.583. The Morgan fingerprint density at radius 1 is 1.40 bits per heavy atom. The van der Waals surface area contributed by atoms with Crippen LogP contribution >= 0.6 is 0 Å². The van der Waals surface area contributed by atoms with E-state index in [0.717, 1.165) is 13.1 Å². The van der Waals surface area contributed by atoms with Crippen molar-refractivity contribution in [2.24, 2.45) is 0 Å². The van der Waals surface area contributed by atoms with Crippen LogP contribution in [0.25, 0.3) is 0 Å². The largest absolute Gasteiger partial charge is 0.405 e. The minimum absolute atomic E-state index is 0.0124. The number of methoxy groups -OCH3 is 1. The van der Waals surface area contributed by atoms with Crippen LogP contribution in [0.5, 0.6) is 0 Å². The van der Waals surface area contributed by atoms with Gasteiger partial charge in [-0.25, -0.2) is 0 Å². The molecule has 1 fully saturated rings. The number of amides is 1. The number of carbonyl (C=O) groups excluding carboxylic acids is 1. The molecule has 0 aliphatic carbocycles. The van der Waals surface area contributed by atoms with E-state index < -0.39 is 18.6 Å². The zero-order chi connectivity index (χ0) is 15.2. The minimum atomic E-state index is -4.36. The smallest absolute Gasteiger partial charge is 0.383 e. The molecule has 0 aromatic rings. The van der Waals surface area contributed by atoms with Gasteiger partial charge in [-0.15, -0.1) is 0 Å². The predicted molar refractivity (Wildman–Crippen MR) is 68.4 cm³/mol. The van der Waals surface area contributed by atoms with Crippen molar-refractivity contribution in [3.8, 4) is 0 Å². The Morgan fingerprint density at radius 2 is 2.10 bits per heavy atom. The molecule has 20 heavy (non-hydrogen) atoms. The second-order valence-electron chi connectivity index (χ2n) is 5.00. The van der Waals surface area contributed by atoms with Crippen molar-refractivity contribution in [3.05, 3.63) is 0 Å². The zero-order valence-electron chi connectivity index (χ0n) is 11.9. The molecule has 1 heterocycles. The first-order valence-electron chi connectivity index (χ1n) is 6.60. The van der Waals surface area contributed by atoms with Gasteiger partial charge in [-0.2, -0.15) is 13.2 Å². The molecule has 0 aromatic heterocycles. The molecule has 1 amide bonds. The lowest BCUT2D eigenvalue weighted by atomic mass is 10.2. The second kappa shape index (κ2) is 7.80. The van der Waals surface area contributed by atoms with Gasteiger partial charge < -0.3 is 10.1 Å². The molecule has 1 saturated heterocycles. The van der Waals surface area contributed by atoms with Crippen molar-refractivity contribution in [3.63, 3.8) is 0 Å². The van der Waals surface area contributed by atoms with Gasteiger partial charge in [0.05, 0.1) is 13.2 Å². The Bertz CT molecular complexity index is 313. The lowest BCUT2D eigenvalue weighted by Crippen LogP contribution is -2.54. The van der Waals surface area contributed by atoms with Gasteiger partial charge in [0.25, 0.3) is 0 Å². The van der Waals surface area contributed by atoms with E-state index in [1.54, 1.807) is 7.11 Å². The Hall–Kier alpha value is -0.860. The lowest BCUT2D eigenvalue weighted by Gasteiger charge is -2.39. The van der Waals surface area contributed by atoms with Crippen LogP contribution in [0.1, 0.15) is 6.92 Å². The van der Waals surface area contributed by atoms with Crippen molar-refractivity contribution in [2.45, 2.75) is 19.1 Å². The molecule has 0 aromatic carbocycles. The van der Waals surface area contributed by atoms with E-state index in [0.29, 0.717) is 19.7 Å². The van der Waals surface area contributed by atoms with Gasteiger partial charge in [-0.05, 0) is 6.92 Å². The van der Waals surface area contributed by atoms with E-state index in [4.69, 9.17) is 4.74 Å². The van der Waals surface area contributed by atoms with Crippen molar-refractivity contribution in [1.82, 2.24) is 15.1 Å². The molecule has 0 saturated carbocycles. The van der Waals surface area contributed by atoms with E-state index in [1.165, 1.54) is 0 Å². The number of rotatable bonds is 6. The maximum Gasteiger partial charge on any atom is 0.405 e. The number of alkyl halides is 3. The number of carbonyl (C=O) groups is 1. The normalized spacial score (nSPS) is 21.9. The summed E-state index contributed by atoms with van der Waals surface area (Å²) in [6.45, 7) is 4.39. The van der Waals surface area contributed by atoms with Gasteiger partial charge >= 0.3 is 6.18 Å². The highest BCUT2D eigenvalue weighted by molar-refractivity contribution is 5.78. The number of piperazine rings is 1. The van der Waals surface area contributed by atoms with Gasteiger partial charge in [0.1, 0.15) is 6.54 Å². The first kappa shape index (κ1) is 17.2. The molecule has 0 radical (unpaired) electrons. The molecular weight excluding hydrogens is 275 g/mol. The van der Waals surface area contributed by atoms with Crippen LogP contribution in [0, 0.1) is 0 Å². The number of nitrogens with zero attached hydrogens (tertiary/aromatic N) is 2. The number of hydrogen-bond acceptors (Lipinski definition) is 4. The predicted octanol–water partition coefficient (Wildman–Crippen LogP) is 0.317. The highest BCUT2D eigenvalue weighted by atomic mass is 19.4. The summed E-state index contributed by atoms with van der Waals surface area (Å²) >= 11 is 0. The summed E-state index contributed by atoms with van der Waals surface area (Å²) < 4.78 is 41.0. The number of ether oxygens (including phenoxy) is 1. The summed E-state index contributed by atoms with van der Waals surface area (Å²) in [5, 5.41) is 1.89. The zero-order valence-corrected chi connectivity index (χ0v) is 11.9. The molecule has 1 aliphatic rings. The summed E-state index contributed by atoms with van der Waals surface area (Å²) in [4.78, 5) is 15.6. The highest BCUT2D eigenvalue weighted by Crippen LogP contribution is 2.12. The third-order valence-corrected chi connectivity index (χ3v) is 3.29. The molecule has 0 spiro atoms. The quantitative estimate of drug-likeness (QED) is 0.767. The fraction of sp³-hybridized carbons (Fsp3) is 0.917. The molecule has 1 atom stereocenters. The van der Waals surface area contributed by atoms with Crippen molar-refractivity contribution in [2.75, 3.05) is 53.0 Å². The molecule has 0 bridgehead atoms. The third kappa shape index (κ3) is 6.53. The Balaban J connectivity index is 2.28.